The molecule has 1 aromatic carbocycles. The molecular formula is C15H20INO2. The van der Waals surface area contributed by atoms with Gasteiger partial charge in [-0.25, -0.2) is 0 Å². The highest BCUT2D eigenvalue weighted by Crippen LogP contribution is 2.26. The first-order valence-corrected chi connectivity index (χ1v) is 7.97. The molecule has 0 aliphatic heterocycles. The zero-order valence-electron chi connectivity index (χ0n) is 10.9. The van der Waals surface area contributed by atoms with Gasteiger partial charge >= 0.3 is 0 Å². The number of rotatable bonds is 4. The first-order valence-electron chi connectivity index (χ1n) is 6.89. The summed E-state index contributed by atoms with van der Waals surface area (Å²) in [5, 5.41) is 13.0. The lowest BCUT2D eigenvalue weighted by atomic mass is 9.85. The van der Waals surface area contributed by atoms with Crippen LogP contribution in [0.4, 0.5) is 0 Å². The molecular weight excluding hydrogens is 353 g/mol. The Hall–Kier alpha value is -0.620. The fourth-order valence-corrected chi connectivity index (χ4v) is 3.26. The van der Waals surface area contributed by atoms with Gasteiger partial charge < -0.3 is 10.4 Å². The van der Waals surface area contributed by atoms with Crippen molar-refractivity contribution >= 4 is 28.5 Å². The minimum Gasteiger partial charge on any atom is -0.391 e. The van der Waals surface area contributed by atoms with E-state index in [4.69, 9.17) is 0 Å². The fraction of sp³-hybridized carbons (Fsp3) is 0.533. The number of benzene rings is 1. The van der Waals surface area contributed by atoms with Crippen molar-refractivity contribution in [3.63, 3.8) is 0 Å². The first-order chi connectivity index (χ1) is 9.18. The van der Waals surface area contributed by atoms with E-state index >= 15 is 0 Å². The molecule has 1 aliphatic rings. The molecule has 1 aromatic rings. The number of hydrogen-bond acceptors (Lipinski definition) is 2. The van der Waals surface area contributed by atoms with Crippen molar-refractivity contribution in [2.24, 2.45) is 5.92 Å². The van der Waals surface area contributed by atoms with Crippen LogP contribution < -0.4 is 5.32 Å². The highest BCUT2D eigenvalue weighted by Gasteiger charge is 2.22. The van der Waals surface area contributed by atoms with Gasteiger partial charge in [0.05, 0.1) is 11.7 Å². The lowest BCUT2D eigenvalue weighted by Crippen LogP contribution is -2.37. The minimum absolute atomic E-state index is 0.0974. The molecule has 1 amide bonds. The second-order valence-electron chi connectivity index (χ2n) is 5.16. The Kier molecular flexibility index (Phi) is 5.63. The van der Waals surface area contributed by atoms with E-state index in [1.807, 2.05) is 24.3 Å². The molecule has 0 aromatic heterocycles. The van der Waals surface area contributed by atoms with Crippen LogP contribution in [-0.2, 0) is 0 Å². The van der Waals surface area contributed by atoms with E-state index in [-0.39, 0.29) is 5.91 Å². The van der Waals surface area contributed by atoms with Crippen molar-refractivity contribution in [2.75, 3.05) is 6.54 Å². The third kappa shape index (κ3) is 4.18. The van der Waals surface area contributed by atoms with Crippen LogP contribution in [0.1, 0.15) is 42.5 Å². The van der Waals surface area contributed by atoms with Gasteiger partial charge in [-0.2, -0.15) is 0 Å². The molecule has 3 nitrogen and oxygen atoms in total. The van der Waals surface area contributed by atoms with E-state index < -0.39 is 6.10 Å². The SMILES string of the molecule is O=C(NCC(O)C1CCCCC1)c1ccccc1I. The summed E-state index contributed by atoms with van der Waals surface area (Å²) in [6, 6.07) is 7.49. The molecule has 0 bridgehead atoms. The maximum Gasteiger partial charge on any atom is 0.252 e. The molecule has 2 N–H and O–H groups in total. The van der Waals surface area contributed by atoms with E-state index in [1.54, 1.807) is 0 Å². The first kappa shape index (κ1) is 14.8. The average molecular weight is 373 g/mol. The molecule has 1 saturated carbocycles. The van der Waals surface area contributed by atoms with Gasteiger partial charge in [-0.1, -0.05) is 31.4 Å². The molecule has 0 heterocycles. The number of halogens is 1. The molecule has 1 unspecified atom stereocenters. The Morgan fingerprint density at radius 1 is 1.32 bits per heavy atom. The summed E-state index contributed by atoms with van der Waals surface area (Å²) in [6.07, 6.45) is 5.43. The zero-order valence-corrected chi connectivity index (χ0v) is 13.1. The Balaban J connectivity index is 1.84. The number of aliphatic hydroxyl groups is 1. The monoisotopic (exact) mass is 373 g/mol. The van der Waals surface area contributed by atoms with Gasteiger partial charge in [0.2, 0.25) is 0 Å². The van der Waals surface area contributed by atoms with Crippen molar-refractivity contribution in [1.82, 2.24) is 5.32 Å². The van der Waals surface area contributed by atoms with Gasteiger partial charge in [0.25, 0.3) is 5.91 Å². The maximum atomic E-state index is 12.0. The molecule has 0 spiro atoms. The molecule has 4 heteroatoms. The van der Waals surface area contributed by atoms with Crippen LogP contribution >= 0.6 is 22.6 Å². The zero-order chi connectivity index (χ0) is 13.7. The van der Waals surface area contributed by atoms with Crippen molar-refractivity contribution in [3.8, 4) is 0 Å². The lowest BCUT2D eigenvalue weighted by Gasteiger charge is -2.26. The quantitative estimate of drug-likeness (QED) is 0.798. The summed E-state index contributed by atoms with van der Waals surface area (Å²) in [7, 11) is 0. The van der Waals surface area contributed by atoms with E-state index in [0.717, 1.165) is 16.4 Å². The van der Waals surface area contributed by atoms with Gasteiger partial charge in [0.15, 0.2) is 0 Å². The molecule has 104 valence electrons. The second-order valence-corrected chi connectivity index (χ2v) is 6.32. The van der Waals surface area contributed by atoms with Crippen molar-refractivity contribution in [1.29, 1.82) is 0 Å². The summed E-state index contributed by atoms with van der Waals surface area (Å²) in [5.41, 5.74) is 0.680. The van der Waals surface area contributed by atoms with Crippen LogP contribution in [0.2, 0.25) is 0 Å². The van der Waals surface area contributed by atoms with Crippen LogP contribution in [0.3, 0.4) is 0 Å². The summed E-state index contributed by atoms with van der Waals surface area (Å²) in [4.78, 5) is 12.0. The van der Waals surface area contributed by atoms with Gasteiger partial charge in [-0.05, 0) is 53.5 Å². The van der Waals surface area contributed by atoms with Crippen LogP contribution in [0.5, 0.6) is 0 Å². The maximum absolute atomic E-state index is 12.0. The molecule has 1 fully saturated rings. The normalized spacial score (nSPS) is 18.0. The van der Waals surface area contributed by atoms with E-state index in [2.05, 4.69) is 27.9 Å². The highest BCUT2D eigenvalue weighted by atomic mass is 127. The van der Waals surface area contributed by atoms with E-state index in [0.29, 0.717) is 18.0 Å². The van der Waals surface area contributed by atoms with Crippen LogP contribution in [0.25, 0.3) is 0 Å². The van der Waals surface area contributed by atoms with Gasteiger partial charge in [-0.3, -0.25) is 4.79 Å². The molecule has 2 rings (SSSR count). The highest BCUT2D eigenvalue weighted by molar-refractivity contribution is 14.1. The number of aliphatic hydroxyl groups excluding tert-OH is 1. The smallest absolute Gasteiger partial charge is 0.252 e. The number of amides is 1. The number of carbonyl (C=O) groups is 1. The predicted octanol–water partition coefficient (Wildman–Crippen LogP) is 2.96. The Morgan fingerprint density at radius 3 is 2.68 bits per heavy atom. The standard InChI is InChI=1S/C15H20INO2/c16-13-9-5-4-8-12(13)15(19)17-10-14(18)11-6-2-1-3-7-11/h4-5,8-9,11,14,18H,1-3,6-7,10H2,(H,17,19). The average Bonchev–Trinajstić information content (AvgIpc) is 2.46. The van der Waals surface area contributed by atoms with Crippen LogP contribution in [-0.4, -0.2) is 23.7 Å². The van der Waals surface area contributed by atoms with E-state index in [9.17, 15) is 9.90 Å². The van der Waals surface area contributed by atoms with Crippen molar-refractivity contribution in [2.45, 2.75) is 38.2 Å². The Morgan fingerprint density at radius 2 is 2.00 bits per heavy atom. The lowest BCUT2D eigenvalue weighted by molar-refractivity contribution is 0.0738. The molecule has 0 radical (unpaired) electrons. The van der Waals surface area contributed by atoms with Gasteiger partial charge in [0.1, 0.15) is 0 Å². The van der Waals surface area contributed by atoms with Crippen molar-refractivity contribution < 1.29 is 9.90 Å². The fourth-order valence-electron chi connectivity index (χ4n) is 2.62. The molecule has 0 saturated heterocycles. The predicted molar refractivity (Wildman–Crippen MR) is 84.1 cm³/mol. The summed E-state index contributed by atoms with van der Waals surface area (Å²) >= 11 is 2.15. The summed E-state index contributed by atoms with van der Waals surface area (Å²) < 4.78 is 0.935. The molecule has 19 heavy (non-hydrogen) atoms. The van der Waals surface area contributed by atoms with Crippen LogP contribution in [0, 0.1) is 9.49 Å². The third-order valence-electron chi connectivity index (χ3n) is 3.78. The largest absolute Gasteiger partial charge is 0.391 e. The summed E-state index contributed by atoms with van der Waals surface area (Å²) in [5.74, 6) is 0.253. The molecule has 1 aliphatic carbocycles. The number of carbonyl (C=O) groups excluding carboxylic acids is 1. The third-order valence-corrected chi connectivity index (χ3v) is 4.72. The topological polar surface area (TPSA) is 49.3 Å². The van der Waals surface area contributed by atoms with E-state index in [1.165, 1.54) is 19.3 Å². The second kappa shape index (κ2) is 7.24. The Labute approximate surface area is 127 Å². The number of nitrogens with one attached hydrogen (secondary N) is 1. The van der Waals surface area contributed by atoms with Gasteiger partial charge in [0, 0.05) is 10.1 Å². The van der Waals surface area contributed by atoms with Crippen molar-refractivity contribution in [3.05, 3.63) is 33.4 Å². The minimum atomic E-state index is -0.411. The molecule has 1 atom stereocenters. The van der Waals surface area contributed by atoms with Gasteiger partial charge in [-0.15, -0.1) is 0 Å². The number of hydrogen-bond donors (Lipinski definition) is 2. The Bertz CT molecular complexity index is 430. The van der Waals surface area contributed by atoms with Crippen LogP contribution in [0.15, 0.2) is 24.3 Å². The summed E-state index contributed by atoms with van der Waals surface area (Å²) in [6.45, 7) is 0.356.